The molecule has 0 aromatic heterocycles. The molecule has 1 atom stereocenters. The van der Waals surface area contributed by atoms with Gasteiger partial charge in [-0.15, -0.1) is 0 Å². The van der Waals surface area contributed by atoms with Crippen LogP contribution in [-0.4, -0.2) is 6.54 Å². The fourth-order valence-electron chi connectivity index (χ4n) is 1.31. The van der Waals surface area contributed by atoms with Crippen LogP contribution in [0.15, 0.2) is 12.3 Å². The first-order chi connectivity index (χ1) is 3.97. The molecule has 1 aliphatic carbocycles. The molecule has 2 rings (SSSR count). The second-order valence-electron chi connectivity index (χ2n) is 2.77. The van der Waals surface area contributed by atoms with Gasteiger partial charge in [0.2, 0.25) is 0 Å². The van der Waals surface area contributed by atoms with Crippen molar-refractivity contribution in [3.63, 3.8) is 0 Å². The van der Waals surface area contributed by atoms with Crippen LogP contribution < -0.4 is 5.32 Å². The summed E-state index contributed by atoms with van der Waals surface area (Å²) in [6.45, 7) is 1.20. The second-order valence-corrected chi connectivity index (χ2v) is 2.77. The Kier molecular flexibility index (Phi) is 0.833. The molecule has 1 fully saturated rings. The summed E-state index contributed by atoms with van der Waals surface area (Å²) in [5.74, 6) is 1.93. The molecule has 0 amide bonds. The van der Waals surface area contributed by atoms with Crippen molar-refractivity contribution in [3.8, 4) is 0 Å². The van der Waals surface area contributed by atoms with Crippen molar-refractivity contribution in [1.29, 1.82) is 0 Å². The van der Waals surface area contributed by atoms with Crippen molar-refractivity contribution in [2.45, 2.75) is 12.8 Å². The molecule has 44 valence electrons. The predicted octanol–water partition coefficient (Wildman–Crippen LogP) is 1.13. The van der Waals surface area contributed by atoms with Crippen LogP contribution >= 0.6 is 0 Å². The molecule has 1 heterocycles. The minimum atomic E-state index is 0.884. The van der Waals surface area contributed by atoms with E-state index >= 15 is 0 Å². The number of hydrogen-bond donors (Lipinski definition) is 1. The Morgan fingerprint density at radius 1 is 1.38 bits per heavy atom. The molecule has 0 radical (unpaired) electrons. The van der Waals surface area contributed by atoms with E-state index in [4.69, 9.17) is 0 Å². The van der Waals surface area contributed by atoms with Crippen molar-refractivity contribution < 1.29 is 0 Å². The average molecular weight is 109 g/mol. The molecular formula is C7H11N. The van der Waals surface area contributed by atoms with Gasteiger partial charge in [-0.2, -0.15) is 0 Å². The van der Waals surface area contributed by atoms with Crippen molar-refractivity contribution in [1.82, 2.24) is 5.32 Å². The molecule has 0 spiro atoms. The summed E-state index contributed by atoms with van der Waals surface area (Å²) >= 11 is 0. The first-order valence-corrected chi connectivity index (χ1v) is 3.37. The maximum absolute atomic E-state index is 3.21. The van der Waals surface area contributed by atoms with E-state index in [1.807, 2.05) is 0 Å². The van der Waals surface area contributed by atoms with Crippen LogP contribution in [-0.2, 0) is 0 Å². The minimum absolute atomic E-state index is 0.884. The van der Waals surface area contributed by atoms with Crippen LogP contribution in [0.4, 0.5) is 0 Å². The van der Waals surface area contributed by atoms with E-state index in [-0.39, 0.29) is 0 Å². The van der Waals surface area contributed by atoms with Crippen molar-refractivity contribution in [2.24, 2.45) is 11.8 Å². The summed E-state index contributed by atoms with van der Waals surface area (Å²) in [7, 11) is 0. The van der Waals surface area contributed by atoms with Gasteiger partial charge in [-0.1, -0.05) is 6.08 Å². The van der Waals surface area contributed by atoms with E-state index in [0.717, 1.165) is 11.8 Å². The normalized spacial score (nSPS) is 35.2. The van der Waals surface area contributed by atoms with Crippen LogP contribution in [0, 0.1) is 11.8 Å². The summed E-state index contributed by atoms with van der Waals surface area (Å²) in [6.07, 6.45) is 7.33. The van der Waals surface area contributed by atoms with E-state index in [0.29, 0.717) is 0 Å². The highest BCUT2D eigenvalue weighted by atomic mass is 14.9. The number of rotatable bonds is 1. The Labute approximate surface area is 49.8 Å². The van der Waals surface area contributed by atoms with Crippen molar-refractivity contribution >= 4 is 0 Å². The third kappa shape index (κ3) is 0.623. The third-order valence-corrected chi connectivity index (χ3v) is 2.04. The largest absolute Gasteiger partial charge is 0.391 e. The molecule has 1 nitrogen and oxygen atoms in total. The molecule has 1 unspecified atom stereocenters. The van der Waals surface area contributed by atoms with Crippen LogP contribution in [0.3, 0.4) is 0 Å². The highest BCUT2D eigenvalue weighted by Crippen LogP contribution is 2.38. The molecule has 0 aromatic carbocycles. The minimum Gasteiger partial charge on any atom is -0.391 e. The molecular weight excluding hydrogens is 98.1 g/mol. The van der Waals surface area contributed by atoms with Gasteiger partial charge >= 0.3 is 0 Å². The molecule has 1 heteroatoms. The van der Waals surface area contributed by atoms with E-state index in [1.54, 1.807) is 0 Å². The maximum atomic E-state index is 3.21. The van der Waals surface area contributed by atoms with E-state index in [2.05, 4.69) is 17.6 Å². The predicted molar refractivity (Wildman–Crippen MR) is 33.4 cm³/mol. The van der Waals surface area contributed by atoms with Crippen LogP contribution in [0.1, 0.15) is 12.8 Å². The zero-order valence-electron chi connectivity index (χ0n) is 4.93. The highest BCUT2D eigenvalue weighted by Gasteiger charge is 2.30. The lowest BCUT2D eigenvalue weighted by atomic mass is 10.1. The Morgan fingerprint density at radius 3 is 2.75 bits per heavy atom. The van der Waals surface area contributed by atoms with Gasteiger partial charge in [-0.25, -0.2) is 0 Å². The molecule has 0 bridgehead atoms. The fourth-order valence-corrected chi connectivity index (χ4v) is 1.31. The summed E-state index contributed by atoms with van der Waals surface area (Å²) in [5, 5.41) is 3.21. The van der Waals surface area contributed by atoms with Crippen molar-refractivity contribution in [2.75, 3.05) is 6.54 Å². The third-order valence-electron chi connectivity index (χ3n) is 2.04. The van der Waals surface area contributed by atoms with Gasteiger partial charge in [0.15, 0.2) is 0 Å². The maximum Gasteiger partial charge on any atom is 0.0207 e. The zero-order valence-corrected chi connectivity index (χ0v) is 4.93. The van der Waals surface area contributed by atoms with Gasteiger partial charge in [0, 0.05) is 6.54 Å². The lowest BCUT2D eigenvalue weighted by Crippen LogP contribution is -2.09. The fraction of sp³-hybridized carbons (Fsp3) is 0.714. The van der Waals surface area contributed by atoms with Gasteiger partial charge in [0.1, 0.15) is 0 Å². The second kappa shape index (κ2) is 1.51. The molecule has 0 saturated heterocycles. The van der Waals surface area contributed by atoms with Crippen molar-refractivity contribution in [3.05, 3.63) is 12.3 Å². The lowest BCUT2D eigenvalue weighted by molar-refractivity contribution is 0.579. The van der Waals surface area contributed by atoms with E-state index < -0.39 is 0 Å². The Balaban J connectivity index is 1.95. The van der Waals surface area contributed by atoms with Gasteiger partial charge in [-0.05, 0) is 30.9 Å². The molecule has 1 N–H and O–H groups in total. The van der Waals surface area contributed by atoms with Gasteiger partial charge in [0.25, 0.3) is 0 Å². The number of hydrogen-bond acceptors (Lipinski definition) is 1. The molecule has 0 aromatic rings. The smallest absolute Gasteiger partial charge is 0.0207 e. The monoisotopic (exact) mass is 109 g/mol. The van der Waals surface area contributed by atoms with Crippen LogP contribution in [0.5, 0.6) is 0 Å². The zero-order chi connectivity index (χ0) is 5.40. The highest BCUT2D eigenvalue weighted by molar-refractivity contribution is 5.01. The SMILES string of the molecule is C1=CC(C2CC2)CN1. The number of nitrogens with one attached hydrogen (secondary N) is 1. The van der Waals surface area contributed by atoms with Gasteiger partial charge in [-0.3, -0.25) is 0 Å². The Bertz CT molecular complexity index is 114. The first-order valence-electron chi connectivity index (χ1n) is 3.37. The van der Waals surface area contributed by atoms with E-state index in [1.165, 1.54) is 19.4 Å². The summed E-state index contributed by atoms with van der Waals surface area (Å²) in [6, 6.07) is 0. The summed E-state index contributed by atoms with van der Waals surface area (Å²) < 4.78 is 0. The van der Waals surface area contributed by atoms with E-state index in [9.17, 15) is 0 Å². The first kappa shape index (κ1) is 4.42. The van der Waals surface area contributed by atoms with Crippen LogP contribution in [0.25, 0.3) is 0 Å². The molecule has 1 aliphatic heterocycles. The Hall–Kier alpha value is -0.460. The molecule has 8 heavy (non-hydrogen) atoms. The standard InChI is InChI=1S/C7H11N/c1-2-6(1)7-3-4-8-5-7/h3-4,6-8H,1-2,5H2. The quantitative estimate of drug-likeness (QED) is 0.532. The van der Waals surface area contributed by atoms with Gasteiger partial charge < -0.3 is 5.32 Å². The topological polar surface area (TPSA) is 12.0 Å². The molecule has 2 aliphatic rings. The van der Waals surface area contributed by atoms with Crippen LogP contribution in [0.2, 0.25) is 0 Å². The molecule has 1 saturated carbocycles. The summed E-state index contributed by atoms with van der Waals surface area (Å²) in [4.78, 5) is 0. The Morgan fingerprint density at radius 2 is 2.25 bits per heavy atom. The summed E-state index contributed by atoms with van der Waals surface area (Å²) in [5.41, 5.74) is 0. The lowest BCUT2D eigenvalue weighted by Gasteiger charge is -2.00. The van der Waals surface area contributed by atoms with Gasteiger partial charge in [0.05, 0.1) is 0 Å². The average Bonchev–Trinajstić information content (AvgIpc) is 2.49.